The van der Waals surface area contributed by atoms with E-state index in [4.69, 9.17) is 9.73 Å². The molecule has 2 aliphatic rings. The Hall–Kier alpha value is -1.15. The van der Waals surface area contributed by atoms with Gasteiger partial charge in [0, 0.05) is 37.6 Å². The van der Waals surface area contributed by atoms with E-state index in [1.54, 1.807) is 0 Å². The largest absolute Gasteiger partial charge is 0.379 e. The van der Waals surface area contributed by atoms with Crippen LogP contribution in [0.25, 0.3) is 0 Å². The van der Waals surface area contributed by atoms with Gasteiger partial charge in [-0.2, -0.15) is 0 Å². The van der Waals surface area contributed by atoms with E-state index in [2.05, 4.69) is 51.8 Å². The number of likely N-dealkylation sites (tertiary alicyclic amines) is 1. The van der Waals surface area contributed by atoms with Gasteiger partial charge in [0.15, 0.2) is 5.96 Å². The molecule has 1 aromatic heterocycles. The third kappa shape index (κ3) is 7.84. The second kappa shape index (κ2) is 13.3. The first-order valence-electron chi connectivity index (χ1n) is 11.9. The molecule has 170 valence electrons. The molecule has 1 aromatic rings. The van der Waals surface area contributed by atoms with Crippen LogP contribution >= 0.6 is 11.3 Å². The Balaban J connectivity index is 1.45. The lowest BCUT2D eigenvalue weighted by Crippen LogP contribution is -2.42. The molecule has 6 nitrogen and oxygen atoms in total. The van der Waals surface area contributed by atoms with Gasteiger partial charge >= 0.3 is 0 Å². The average Bonchev–Trinajstić information content (AvgIpc) is 3.29. The fraction of sp³-hybridized carbons (Fsp3) is 0.783. The van der Waals surface area contributed by atoms with Crippen LogP contribution in [0.1, 0.15) is 50.4 Å². The summed E-state index contributed by atoms with van der Waals surface area (Å²) < 4.78 is 5.55. The summed E-state index contributed by atoms with van der Waals surface area (Å²) in [6.07, 6.45) is 5.21. The Labute approximate surface area is 187 Å². The van der Waals surface area contributed by atoms with Gasteiger partial charge in [-0.3, -0.25) is 9.89 Å². The van der Waals surface area contributed by atoms with E-state index in [9.17, 15) is 0 Å². The van der Waals surface area contributed by atoms with Crippen LogP contribution in [-0.2, 0) is 4.74 Å². The van der Waals surface area contributed by atoms with Gasteiger partial charge in [-0.1, -0.05) is 13.0 Å². The van der Waals surface area contributed by atoms with E-state index in [1.807, 2.05) is 11.3 Å². The Morgan fingerprint density at radius 1 is 1.27 bits per heavy atom. The van der Waals surface area contributed by atoms with E-state index in [-0.39, 0.29) is 0 Å². The predicted octanol–water partition coefficient (Wildman–Crippen LogP) is 3.19. The van der Waals surface area contributed by atoms with Crippen molar-refractivity contribution < 1.29 is 4.74 Å². The van der Waals surface area contributed by atoms with Gasteiger partial charge in [-0.25, -0.2) is 0 Å². The summed E-state index contributed by atoms with van der Waals surface area (Å²) in [6.45, 7) is 14.6. The zero-order chi connectivity index (χ0) is 21.0. The van der Waals surface area contributed by atoms with E-state index in [0.29, 0.717) is 6.04 Å². The van der Waals surface area contributed by atoms with Crippen molar-refractivity contribution in [2.45, 2.75) is 45.6 Å². The summed E-state index contributed by atoms with van der Waals surface area (Å²) in [4.78, 5) is 11.5. The molecule has 0 saturated carbocycles. The lowest BCUT2D eigenvalue weighted by Gasteiger charge is -2.33. The molecule has 2 fully saturated rings. The molecule has 7 heteroatoms. The normalized spacial score (nSPS) is 22.7. The summed E-state index contributed by atoms with van der Waals surface area (Å²) in [5, 5.41) is 9.14. The SMILES string of the molecule is CCNC(=NCC(c1cccs1)N1CCOCC1)NCCCCN1CCCC(C)C1. The highest BCUT2D eigenvalue weighted by Crippen LogP contribution is 2.26. The van der Waals surface area contributed by atoms with Crippen LogP contribution < -0.4 is 10.6 Å². The minimum absolute atomic E-state index is 0.338. The molecule has 2 saturated heterocycles. The Bertz CT molecular complexity index is 603. The maximum Gasteiger partial charge on any atom is 0.191 e. The number of hydrogen-bond acceptors (Lipinski definition) is 5. The van der Waals surface area contributed by atoms with Crippen molar-refractivity contribution >= 4 is 17.3 Å². The van der Waals surface area contributed by atoms with Crippen molar-refractivity contribution in [3.8, 4) is 0 Å². The van der Waals surface area contributed by atoms with Crippen molar-refractivity contribution in [1.82, 2.24) is 20.4 Å². The van der Waals surface area contributed by atoms with E-state index in [0.717, 1.165) is 57.8 Å². The molecule has 30 heavy (non-hydrogen) atoms. The molecule has 0 amide bonds. The molecule has 0 aliphatic carbocycles. The average molecular weight is 436 g/mol. The number of aliphatic imine (C=N–C) groups is 1. The van der Waals surface area contributed by atoms with Crippen molar-refractivity contribution in [1.29, 1.82) is 0 Å². The monoisotopic (exact) mass is 435 g/mol. The van der Waals surface area contributed by atoms with Gasteiger partial charge in [0.05, 0.1) is 25.8 Å². The van der Waals surface area contributed by atoms with Gasteiger partial charge in [0.2, 0.25) is 0 Å². The standard InChI is InChI=1S/C23H41N5OS/c1-3-24-23(25-10-4-5-11-27-12-6-8-20(2)19-27)26-18-21(22-9-7-17-30-22)28-13-15-29-16-14-28/h7,9,17,20-21H,3-6,8,10-16,18-19H2,1-2H3,(H2,24,25,26). The topological polar surface area (TPSA) is 52.1 Å². The van der Waals surface area contributed by atoms with Crippen LogP contribution in [0.2, 0.25) is 0 Å². The summed E-state index contributed by atoms with van der Waals surface area (Å²) >= 11 is 1.83. The summed E-state index contributed by atoms with van der Waals surface area (Å²) in [5.74, 6) is 1.81. The van der Waals surface area contributed by atoms with Gasteiger partial charge < -0.3 is 20.3 Å². The first-order valence-corrected chi connectivity index (χ1v) is 12.7. The quantitative estimate of drug-likeness (QED) is 0.336. The maximum absolute atomic E-state index is 5.55. The van der Waals surface area contributed by atoms with E-state index < -0.39 is 0 Å². The van der Waals surface area contributed by atoms with Crippen LogP contribution in [0.15, 0.2) is 22.5 Å². The summed E-state index contributed by atoms with van der Waals surface area (Å²) in [5.41, 5.74) is 0. The van der Waals surface area contributed by atoms with Crippen LogP contribution in [0, 0.1) is 5.92 Å². The number of nitrogens with one attached hydrogen (secondary N) is 2. The maximum atomic E-state index is 5.55. The number of thiophene rings is 1. The Morgan fingerprint density at radius 3 is 2.87 bits per heavy atom. The highest BCUT2D eigenvalue weighted by atomic mass is 32.1. The molecule has 2 atom stereocenters. The van der Waals surface area contributed by atoms with Gasteiger partial charge in [0.25, 0.3) is 0 Å². The fourth-order valence-corrected chi connectivity index (χ4v) is 5.28. The van der Waals surface area contributed by atoms with Crippen molar-refractivity contribution in [3.05, 3.63) is 22.4 Å². The number of hydrogen-bond donors (Lipinski definition) is 2. The molecule has 3 rings (SSSR count). The molecule has 0 bridgehead atoms. The molecular formula is C23H41N5OS. The predicted molar refractivity (Wildman–Crippen MR) is 128 cm³/mol. The van der Waals surface area contributed by atoms with Crippen molar-refractivity contribution in [2.75, 3.05) is 65.6 Å². The number of guanidine groups is 1. The zero-order valence-electron chi connectivity index (χ0n) is 18.9. The number of nitrogens with zero attached hydrogens (tertiary/aromatic N) is 3. The fourth-order valence-electron chi connectivity index (χ4n) is 4.43. The first kappa shape index (κ1) is 23.5. The summed E-state index contributed by atoms with van der Waals surface area (Å²) in [6, 6.07) is 4.72. The van der Waals surface area contributed by atoms with Crippen LogP contribution in [0.5, 0.6) is 0 Å². The number of unbranched alkanes of at least 4 members (excludes halogenated alkanes) is 1. The number of rotatable bonds is 10. The third-order valence-electron chi connectivity index (χ3n) is 6.06. The van der Waals surface area contributed by atoms with E-state index in [1.165, 1.54) is 50.2 Å². The molecule has 0 spiro atoms. The molecule has 3 heterocycles. The highest BCUT2D eigenvalue weighted by Gasteiger charge is 2.23. The van der Waals surface area contributed by atoms with Crippen molar-refractivity contribution in [3.63, 3.8) is 0 Å². The van der Waals surface area contributed by atoms with Crippen LogP contribution in [0.3, 0.4) is 0 Å². The van der Waals surface area contributed by atoms with Crippen LogP contribution in [-0.4, -0.2) is 81.3 Å². The Kier molecular flexibility index (Phi) is 10.4. The van der Waals surface area contributed by atoms with Gasteiger partial charge in [0.1, 0.15) is 0 Å². The second-order valence-corrected chi connectivity index (χ2v) is 9.56. The summed E-state index contributed by atoms with van der Waals surface area (Å²) in [7, 11) is 0. The highest BCUT2D eigenvalue weighted by molar-refractivity contribution is 7.10. The van der Waals surface area contributed by atoms with Crippen LogP contribution in [0.4, 0.5) is 0 Å². The molecular weight excluding hydrogens is 394 g/mol. The third-order valence-corrected chi connectivity index (χ3v) is 7.03. The van der Waals surface area contributed by atoms with Gasteiger partial charge in [-0.05, 0) is 63.1 Å². The molecule has 0 aromatic carbocycles. The molecule has 2 unspecified atom stereocenters. The molecule has 2 N–H and O–H groups in total. The smallest absolute Gasteiger partial charge is 0.191 e. The number of ether oxygens (including phenoxy) is 1. The van der Waals surface area contributed by atoms with Crippen molar-refractivity contribution in [2.24, 2.45) is 10.9 Å². The molecule has 2 aliphatic heterocycles. The lowest BCUT2D eigenvalue weighted by molar-refractivity contribution is 0.0186. The minimum Gasteiger partial charge on any atom is -0.379 e. The number of morpholine rings is 1. The Morgan fingerprint density at radius 2 is 2.13 bits per heavy atom. The zero-order valence-corrected chi connectivity index (χ0v) is 19.8. The second-order valence-electron chi connectivity index (χ2n) is 8.58. The van der Waals surface area contributed by atoms with Gasteiger partial charge in [-0.15, -0.1) is 11.3 Å². The number of piperidine rings is 1. The van der Waals surface area contributed by atoms with E-state index >= 15 is 0 Å². The first-order chi connectivity index (χ1) is 14.8. The lowest BCUT2D eigenvalue weighted by atomic mass is 10.0. The molecule has 0 radical (unpaired) electrons. The minimum atomic E-state index is 0.338.